The van der Waals surface area contributed by atoms with Gasteiger partial charge in [0.25, 0.3) is 5.78 Å². The van der Waals surface area contributed by atoms with Crippen molar-refractivity contribution in [2.45, 2.75) is 26.3 Å². The van der Waals surface area contributed by atoms with Crippen molar-refractivity contribution in [3.8, 4) is 28.7 Å². The molecule has 1 atom stereocenters. The Morgan fingerprint density at radius 3 is 2.55 bits per heavy atom. The molecule has 3 heterocycles. The number of carbonyl (C=O) groups is 2. The summed E-state index contributed by atoms with van der Waals surface area (Å²) in [6, 6.07) is 14.5. The first kappa shape index (κ1) is 29.3. The Bertz CT molecular complexity index is 1780. The van der Waals surface area contributed by atoms with Crippen LogP contribution in [0, 0.1) is 5.92 Å². The molecule has 1 N–H and O–H groups in total. The lowest BCUT2D eigenvalue weighted by atomic mass is 9.95. The second-order valence-corrected chi connectivity index (χ2v) is 11.8. The molecule has 0 bridgehead atoms. The van der Waals surface area contributed by atoms with E-state index in [0.29, 0.717) is 76.3 Å². The summed E-state index contributed by atoms with van der Waals surface area (Å²) >= 11 is 1.25. The molecule has 0 radical (unpaired) electrons. The van der Waals surface area contributed by atoms with Crippen molar-refractivity contribution in [1.29, 1.82) is 0 Å². The van der Waals surface area contributed by atoms with Gasteiger partial charge in [-0.2, -0.15) is 0 Å². The number of ketones is 1. The second-order valence-electron chi connectivity index (χ2n) is 10.8. The summed E-state index contributed by atoms with van der Waals surface area (Å²) in [5, 5.41) is 12.0. The quantitative estimate of drug-likeness (QED) is 0.135. The largest absolute Gasteiger partial charge is 0.507 e. The third kappa shape index (κ3) is 5.39. The smallest absolute Gasteiger partial charge is 0.301 e. The monoisotopic (exact) mass is 616 g/mol. The van der Waals surface area contributed by atoms with Gasteiger partial charge < -0.3 is 28.8 Å². The minimum Gasteiger partial charge on any atom is -0.507 e. The summed E-state index contributed by atoms with van der Waals surface area (Å²) in [6.07, 6.45) is 0.864. The van der Waals surface area contributed by atoms with Crippen LogP contribution in [-0.4, -0.2) is 55.8 Å². The number of aliphatic hydroxyl groups excluding tert-OH is 1. The van der Waals surface area contributed by atoms with E-state index in [-0.39, 0.29) is 11.3 Å². The number of anilines is 1. The highest BCUT2D eigenvalue weighted by Crippen LogP contribution is 2.46. The Kier molecular flexibility index (Phi) is 8.05. The molecule has 0 spiro atoms. The van der Waals surface area contributed by atoms with Crippen LogP contribution in [0.25, 0.3) is 16.0 Å². The highest BCUT2D eigenvalue weighted by molar-refractivity contribution is 7.22. The van der Waals surface area contributed by atoms with Crippen LogP contribution in [0.3, 0.4) is 0 Å². The van der Waals surface area contributed by atoms with Crippen LogP contribution in [0.15, 0.2) is 60.2 Å². The van der Waals surface area contributed by atoms with Gasteiger partial charge in [0.1, 0.15) is 24.7 Å². The van der Waals surface area contributed by atoms with Gasteiger partial charge in [0.05, 0.1) is 42.7 Å². The van der Waals surface area contributed by atoms with E-state index in [9.17, 15) is 14.7 Å². The topological polar surface area (TPSA) is 117 Å². The Hall–Kier alpha value is -4.77. The fourth-order valence-electron chi connectivity index (χ4n) is 5.19. The van der Waals surface area contributed by atoms with Gasteiger partial charge in [-0.3, -0.25) is 14.5 Å². The molecule has 1 amide bonds. The van der Waals surface area contributed by atoms with E-state index in [1.807, 2.05) is 6.07 Å². The summed E-state index contributed by atoms with van der Waals surface area (Å²) in [5.74, 6) is 1.07. The van der Waals surface area contributed by atoms with E-state index in [0.717, 1.165) is 11.1 Å². The number of aromatic nitrogens is 1. The summed E-state index contributed by atoms with van der Waals surface area (Å²) in [6.45, 7) is 5.51. The van der Waals surface area contributed by atoms with Gasteiger partial charge in [-0.25, -0.2) is 4.98 Å². The average Bonchev–Trinajstić information content (AvgIpc) is 3.57. The molecular weight excluding hydrogens is 584 g/mol. The number of thiazole rings is 1. The number of methoxy groups -OCH3 is 2. The van der Waals surface area contributed by atoms with Gasteiger partial charge >= 0.3 is 5.91 Å². The third-order valence-electron chi connectivity index (χ3n) is 7.51. The van der Waals surface area contributed by atoms with Crippen molar-refractivity contribution >= 4 is 44.1 Å². The van der Waals surface area contributed by atoms with Crippen LogP contribution in [0.4, 0.5) is 5.13 Å². The number of aliphatic hydroxyl groups is 1. The summed E-state index contributed by atoms with van der Waals surface area (Å²) in [7, 11) is 3.10. The molecule has 0 aliphatic carbocycles. The predicted octanol–water partition coefficient (Wildman–Crippen LogP) is 6.14. The standard InChI is InChI=1S/C33H32N2O8S/c1-18(2)11-12-41-23-9-5-19(15-25(23)40-4)29-28(30(36)20-6-10-24-26(16-20)43-14-13-42-24)31(37)32(38)35(29)33-34-22-8-7-21(39-3)17-27(22)44-33/h5-10,15-18,29,36H,11-14H2,1-4H3/t29-/m1/s1. The Morgan fingerprint density at radius 1 is 1.00 bits per heavy atom. The molecule has 228 valence electrons. The van der Waals surface area contributed by atoms with Crippen molar-refractivity contribution < 1.29 is 38.4 Å². The van der Waals surface area contributed by atoms with E-state index in [2.05, 4.69) is 13.8 Å². The van der Waals surface area contributed by atoms with E-state index in [1.54, 1.807) is 55.6 Å². The lowest BCUT2D eigenvalue weighted by Crippen LogP contribution is -2.29. The number of benzene rings is 3. The molecule has 1 saturated heterocycles. The molecule has 2 aliphatic rings. The van der Waals surface area contributed by atoms with Crippen molar-refractivity contribution in [2.75, 3.05) is 38.9 Å². The van der Waals surface area contributed by atoms with Crippen molar-refractivity contribution in [1.82, 2.24) is 4.98 Å². The van der Waals surface area contributed by atoms with Crippen LogP contribution < -0.4 is 28.6 Å². The maximum atomic E-state index is 13.8. The minimum absolute atomic E-state index is 0.0842. The van der Waals surface area contributed by atoms with Crippen LogP contribution in [0.2, 0.25) is 0 Å². The number of fused-ring (bicyclic) bond motifs is 2. The number of Topliss-reactive ketones (excluding diaryl/α,β-unsaturated/α-hetero) is 1. The van der Waals surface area contributed by atoms with E-state index in [1.165, 1.54) is 23.3 Å². The molecule has 0 saturated carbocycles. The van der Waals surface area contributed by atoms with Gasteiger partial charge in [0.15, 0.2) is 28.1 Å². The van der Waals surface area contributed by atoms with Gasteiger partial charge in [-0.05, 0) is 66.4 Å². The molecule has 1 aromatic heterocycles. The first-order valence-corrected chi connectivity index (χ1v) is 15.1. The maximum Gasteiger partial charge on any atom is 0.301 e. The summed E-state index contributed by atoms with van der Waals surface area (Å²) < 4.78 is 29.1. The predicted molar refractivity (Wildman–Crippen MR) is 166 cm³/mol. The molecular formula is C33H32N2O8S. The Labute approximate surface area is 258 Å². The van der Waals surface area contributed by atoms with Crippen LogP contribution >= 0.6 is 11.3 Å². The molecule has 3 aromatic carbocycles. The normalized spacial score (nSPS) is 17.4. The Balaban J connectivity index is 1.49. The lowest BCUT2D eigenvalue weighted by Gasteiger charge is -2.24. The number of hydrogen-bond acceptors (Lipinski definition) is 10. The zero-order valence-electron chi connectivity index (χ0n) is 24.8. The zero-order chi connectivity index (χ0) is 31.0. The van der Waals surface area contributed by atoms with E-state index >= 15 is 0 Å². The maximum absolute atomic E-state index is 13.8. The van der Waals surface area contributed by atoms with Crippen molar-refractivity contribution in [3.05, 3.63) is 71.3 Å². The Morgan fingerprint density at radius 2 is 1.80 bits per heavy atom. The number of hydrogen-bond donors (Lipinski definition) is 1. The first-order chi connectivity index (χ1) is 21.3. The molecule has 2 aliphatic heterocycles. The lowest BCUT2D eigenvalue weighted by molar-refractivity contribution is -0.132. The molecule has 1 fully saturated rings. The van der Waals surface area contributed by atoms with Gasteiger partial charge in [0.2, 0.25) is 0 Å². The van der Waals surface area contributed by atoms with Crippen molar-refractivity contribution in [3.63, 3.8) is 0 Å². The molecule has 0 unspecified atom stereocenters. The highest BCUT2D eigenvalue weighted by atomic mass is 32.1. The van der Waals surface area contributed by atoms with Crippen LogP contribution in [-0.2, 0) is 9.59 Å². The second kappa shape index (κ2) is 12.1. The van der Waals surface area contributed by atoms with Gasteiger partial charge in [-0.1, -0.05) is 31.3 Å². The van der Waals surface area contributed by atoms with Crippen LogP contribution in [0.1, 0.15) is 37.4 Å². The summed E-state index contributed by atoms with van der Waals surface area (Å²) in [4.78, 5) is 33.5. The molecule has 6 rings (SSSR count). The minimum atomic E-state index is -1.01. The third-order valence-corrected chi connectivity index (χ3v) is 8.52. The molecule has 11 heteroatoms. The highest BCUT2D eigenvalue weighted by Gasteiger charge is 2.48. The fourth-order valence-corrected chi connectivity index (χ4v) is 6.21. The van der Waals surface area contributed by atoms with E-state index < -0.39 is 17.7 Å². The number of rotatable bonds is 9. The van der Waals surface area contributed by atoms with E-state index in [4.69, 9.17) is 28.7 Å². The number of nitrogens with zero attached hydrogens (tertiary/aromatic N) is 2. The first-order valence-electron chi connectivity index (χ1n) is 14.3. The SMILES string of the molecule is COc1ccc2nc(N3C(=O)C(=O)C(=C(O)c4ccc5c(c4)OCCO5)[C@H]3c3ccc(OCCC(C)C)c(OC)c3)sc2c1. The van der Waals surface area contributed by atoms with Crippen molar-refractivity contribution in [2.24, 2.45) is 5.92 Å². The zero-order valence-corrected chi connectivity index (χ0v) is 25.6. The van der Waals surface area contributed by atoms with Crippen LogP contribution in [0.5, 0.6) is 28.7 Å². The number of carbonyl (C=O) groups excluding carboxylic acids is 2. The van der Waals surface area contributed by atoms with Gasteiger partial charge in [0, 0.05) is 5.56 Å². The van der Waals surface area contributed by atoms with Gasteiger partial charge in [-0.15, -0.1) is 0 Å². The fraction of sp³-hybridized carbons (Fsp3) is 0.303. The molecule has 44 heavy (non-hydrogen) atoms. The average molecular weight is 617 g/mol. The molecule has 4 aromatic rings. The molecule has 10 nitrogen and oxygen atoms in total. The number of ether oxygens (including phenoxy) is 5. The number of amides is 1. The summed E-state index contributed by atoms with van der Waals surface area (Å²) in [5.41, 5.74) is 1.41.